The van der Waals surface area contributed by atoms with Gasteiger partial charge in [-0.3, -0.25) is 24.2 Å². The number of benzene rings is 1. The van der Waals surface area contributed by atoms with Gasteiger partial charge in [-0.15, -0.1) is 0 Å². The molecule has 15 nitrogen and oxygen atoms in total. The van der Waals surface area contributed by atoms with Gasteiger partial charge in [0.05, 0.1) is 12.5 Å². The van der Waals surface area contributed by atoms with Crippen molar-refractivity contribution >= 4 is 35.6 Å². The van der Waals surface area contributed by atoms with Crippen molar-refractivity contribution in [2.24, 2.45) is 27.9 Å². The van der Waals surface area contributed by atoms with Gasteiger partial charge in [-0.2, -0.15) is 0 Å². The highest BCUT2D eigenvalue weighted by Gasteiger charge is 2.39. The Morgan fingerprint density at radius 1 is 1.05 bits per heavy atom. The average Bonchev–Trinajstić information content (AvgIpc) is 3.35. The number of nitrogens with zero attached hydrogens (tertiary/aromatic N) is 2. The first-order chi connectivity index (χ1) is 18.4. The lowest BCUT2D eigenvalue weighted by molar-refractivity contribution is -0.145. The zero-order valence-corrected chi connectivity index (χ0v) is 21.4. The summed E-state index contributed by atoms with van der Waals surface area (Å²) in [7, 11) is 0. The molecule has 0 saturated carbocycles. The number of hydrogen-bond acceptors (Lipinski definition) is 8. The van der Waals surface area contributed by atoms with Crippen LogP contribution in [0.4, 0.5) is 0 Å². The number of carboxylic acids is 1. The van der Waals surface area contributed by atoms with Gasteiger partial charge in [-0.25, -0.2) is 4.79 Å². The van der Waals surface area contributed by atoms with Gasteiger partial charge in [0.1, 0.15) is 23.9 Å². The maximum atomic E-state index is 13.6. The molecule has 4 atom stereocenters. The normalized spacial score (nSPS) is 16.9. The van der Waals surface area contributed by atoms with E-state index in [1.807, 2.05) is 0 Å². The summed E-state index contributed by atoms with van der Waals surface area (Å²) < 4.78 is 0. The molecule has 0 radical (unpaired) electrons. The Kier molecular flexibility index (Phi) is 11.5. The number of aliphatic imine (C=N–C) groups is 1. The molecule has 0 aliphatic carbocycles. The lowest BCUT2D eigenvalue weighted by Crippen LogP contribution is -2.57. The molecule has 214 valence electrons. The monoisotopic (exact) mass is 548 g/mol. The number of phenols is 1. The van der Waals surface area contributed by atoms with Crippen molar-refractivity contribution in [3.05, 3.63) is 29.8 Å². The van der Waals surface area contributed by atoms with E-state index < -0.39 is 60.2 Å². The van der Waals surface area contributed by atoms with Gasteiger partial charge < -0.3 is 48.7 Å². The number of likely N-dealkylation sites (tertiary alicyclic amines) is 1. The summed E-state index contributed by atoms with van der Waals surface area (Å²) in [6.07, 6.45) is 0.707. The topological polar surface area (TPSA) is 270 Å². The van der Waals surface area contributed by atoms with Crippen LogP contribution in [0.25, 0.3) is 0 Å². The van der Waals surface area contributed by atoms with Crippen molar-refractivity contribution in [3.8, 4) is 5.75 Å². The third-order valence-electron chi connectivity index (χ3n) is 6.15. The maximum absolute atomic E-state index is 13.6. The van der Waals surface area contributed by atoms with Crippen molar-refractivity contribution in [3.63, 3.8) is 0 Å². The maximum Gasteiger partial charge on any atom is 0.326 e. The summed E-state index contributed by atoms with van der Waals surface area (Å²) in [6.45, 7) is 0.390. The second-order valence-corrected chi connectivity index (χ2v) is 9.25. The Morgan fingerprint density at radius 3 is 2.31 bits per heavy atom. The third-order valence-corrected chi connectivity index (χ3v) is 6.15. The number of carbonyl (C=O) groups is 5. The van der Waals surface area contributed by atoms with E-state index in [4.69, 9.17) is 22.9 Å². The molecule has 4 amide bonds. The highest BCUT2D eigenvalue weighted by molar-refractivity contribution is 5.95. The highest BCUT2D eigenvalue weighted by Crippen LogP contribution is 2.21. The number of nitrogens with two attached hydrogens (primary N) is 4. The van der Waals surface area contributed by atoms with Crippen LogP contribution in [-0.4, -0.2) is 87.9 Å². The molecule has 4 unspecified atom stereocenters. The van der Waals surface area contributed by atoms with Gasteiger partial charge in [-0.1, -0.05) is 12.1 Å². The molecule has 1 heterocycles. The smallest absolute Gasteiger partial charge is 0.326 e. The number of primary amides is 1. The Labute approximate surface area is 225 Å². The summed E-state index contributed by atoms with van der Waals surface area (Å²) in [4.78, 5) is 67.3. The first-order valence-electron chi connectivity index (χ1n) is 12.4. The second kappa shape index (κ2) is 14.5. The molecule has 0 spiro atoms. The van der Waals surface area contributed by atoms with E-state index in [0.717, 1.165) is 0 Å². The predicted molar refractivity (Wildman–Crippen MR) is 140 cm³/mol. The van der Waals surface area contributed by atoms with Crippen LogP contribution in [0.2, 0.25) is 0 Å². The Morgan fingerprint density at radius 2 is 1.72 bits per heavy atom. The SMILES string of the molecule is NC(=O)CC(N)C(=O)NC(Cc1ccc(O)cc1)C(=O)N1CCCC1C(=O)NC(CCCN=C(N)N)C(=O)O. The minimum Gasteiger partial charge on any atom is -0.508 e. The summed E-state index contributed by atoms with van der Waals surface area (Å²) in [5, 5.41) is 24.1. The Bertz CT molecular complexity index is 1070. The largest absolute Gasteiger partial charge is 0.508 e. The van der Waals surface area contributed by atoms with Crippen LogP contribution in [0.5, 0.6) is 5.75 Å². The molecule has 39 heavy (non-hydrogen) atoms. The molecule has 0 aromatic heterocycles. The Balaban J connectivity index is 2.18. The van der Waals surface area contributed by atoms with Crippen LogP contribution in [0.15, 0.2) is 29.3 Å². The molecule has 1 aromatic rings. The van der Waals surface area contributed by atoms with E-state index in [-0.39, 0.29) is 37.6 Å². The quantitative estimate of drug-likeness (QED) is 0.0673. The number of aromatic hydroxyl groups is 1. The predicted octanol–water partition coefficient (Wildman–Crippen LogP) is -2.76. The van der Waals surface area contributed by atoms with Crippen molar-refractivity contribution in [2.75, 3.05) is 13.1 Å². The highest BCUT2D eigenvalue weighted by atomic mass is 16.4. The zero-order chi connectivity index (χ0) is 29.1. The van der Waals surface area contributed by atoms with Crippen molar-refractivity contribution in [1.29, 1.82) is 0 Å². The Hall–Kier alpha value is -4.40. The lowest BCUT2D eigenvalue weighted by Gasteiger charge is -2.30. The van der Waals surface area contributed by atoms with Crippen molar-refractivity contribution < 1.29 is 34.2 Å². The van der Waals surface area contributed by atoms with E-state index in [1.54, 1.807) is 12.1 Å². The van der Waals surface area contributed by atoms with Crippen LogP contribution in [0.3, 0.4) is 0 Å². The summed E-state index contributed by atoms with van der Waals surface area (Å²) in [5.41, 5.74) is 22.0. The number of aliphatic carboxylic acids is 1. The molecule has 0 bridgehead atoms. The molecule has 1 aliphatic heterocycles. The number of amides is 4. The number of phenolic OH excluding ortho intramolecular Hbond substituents is 1. The minimum absolute atomic E-state index is 0.00151. The van der Waals surface area contributed by atoms with E-state index in [2.05, 4.69) is 15.6 Å². The number of carbonyl (C=O) groups excluding carboxylic acids is 4. The standard InChI is InChI=1S/C24H36N8O7/c25-15(12-19(26)34)20(35)31-17(11-13-5-7-14(33)8-6-13)22(37)32-10-2-4-18(32)21(36)30-16(23(38)39)3-1-9-29-24(27)28/h5-8,15-18,33H,1-4,9-12,25H2,(H2,26,34)(H,30,36)(H,31,35)(H,38,39)(H4,27,28,29). The van der Waals surface area contributed by atoms with E-state index in [1.165, 1.54) is 17.0 Å². The van der Waals surface area contributed by atoms with Gasteiger partial charge in [0.15, 0.2) is 5.96 Å². The zero-order valence-electron chi connectivity index (χ0n) is 21.4. The first-order valence-corrected chi connectivity index (χ1v) is 12.4. The number of nitrogens with one attached hydrogen (secondary N) is 2. The van der Waals surface area contributed by atoms with E-state index in [9.17, 15) is 34.2 Å². The summed E-state index contributed by atoms with van der Waals surface area (Å²) in [6, 6.07) is 1.35. The van der Waals surface area contributed by atoms with E-state index >= 15 is 0 Å². The van der Waals surface area contributed by atoms with Gasteiger partial charge in [0.25, 0.3) is 0 Å². The van der Waals surface area contributed by atoms with Gasteiger partial charge in [0.2, 0.25) is 23.6 Å². The average molecular weight is 549 g/mol. The van der Waals surface area contributed by atoms with Crippen LogP contribution in [0, 0.1) is 0 Å². The number of rotatable bonds is 14. The third kappa shape index (κ3) is 9.77. The summed E-state index contributed by atoms with van der Waals surface area (Å²) >= 11 is 0. The molecule has 1 fully saturated rings. The van der Waals surface area contributed by atoms with Gasteiger partial charge in [-0.05, 0) is 43.4 Å². The van der Waals surface area contributed by atoms with Crippen molar-refractivity contribution in [1.82, 2.24) is 15.5 Å². The van der Waals surface area contributed by atoms with Crippen molar-refractivity contribution in [2.45, 2.75) is 62.7 Å². The number of guanidine groups is 1. The van der Waals surface area contributed by atoms with Crippen LogP contribution in [-0.2, 0) is 30.4 Å². The fourth-order valence-corrected chi connectivity index (χ4v) is 4.19. The second-order valence-electron chi connectivity index (χ2n) is 9.25. The van der Waals surface area contributed by atoms with Gasteiger partial charge in [0, 0.05) is 19.5 Å². The fraction of sp³-hybridized carbons (Fsp3) is 0.500. The van der Waals surface area contributed by atoms with Gasteiger partial charge >= 0.3 is 5.97 Å². The summed E-state index contributed by atoms with van der Waals surface area (Å²) in [5.74, 6) is -4.16. The molecule has 12 N–H and O–H groups in total. The number of carboxylic acid groups (broad SMARTS) is 1. The van der Waals surface area contributed by atoms with Crippen LogP contribution in [0.1, 0.15) is 37.7 Å². The molecule has 1 aliphatic rings. The molecular formula is C24H36N8O7. The number of hydrogen-bond donors (Lipinski definition) is 8. The fourth-order valence-electron chi connectivity index (χ4n) is 4.19. The first kappa shape index (κ1) is 30.8. The van der Waals surface area contributed by atoms with Crippen LogP contribution < -0.4 is 33.6 Å². The minimum atomic E-state index is -1.29. The molecule has 15 heteroatoms. The van der Waals surface area contributed by atoms with Crippen LogP contribution >= 0.6 is 0 Å². The molecule has 1 saturated heterocycles. The molecular weight excluding hydrogens is 512 g/mol. The lowest BCUT2D eigenvalue weighted by atomic mass is 10.0. The van der Waals surface area contributed by atoms with E-state index in [0.29, 0.717) is 24.8 Å². The molecule has 2 rings (SSSR count). The molecule has 1 aromatic carbocycles.